The molecule has 0 bridgehead atoms. The number of aromatic nitrogens is 2. The Morgan fingerprint density at radius 1 is 1.20 bits per heavy atom. The predicted molar refractivity (Wildman–Crippen MR) is 72.0 cm³/mol. The van der Waals surface area contributed by atoms with E-state index in [9.17, 15) is 9.59 Å². The van der Waals surface area contributed by atoms with Crippen molar-refractivity contribution in [3.63, 3.8) is 0 Å². The molecule has 0 aliphatic carbocycles. The summed E-state index contributed by atoms with van der Waals surface area (Å²) in [6.07, 6.45) is 3.80. The lowest BCUT2D eigenvalue weighted by Crippen LogP contribution is -2.49. The van der Waals surface area contributed by atoms with Crippen molar-refractivity contribution in [1.82, 2.24) is 19.6 Å². The molecule has 1 aliphatic rings. The lowest BCUT2D eigenvalue weighted by atomic mass is 10.2. The summed E-state index contributed by atoms with van der Waals surface area (Å²) in [7, 11) is 0. The third kappa shape index (κ3) is 4.14. The van der Waals surface area contributed by atoms with Crippen LogP contribution in [-0.4, -0.2) is 75.7 Å². The SMILES string of the molecule is O=C(CO)CCN1CCN(C(=O)Cn2cccn2)CC1. The zero-order chi connectivity index (χ0) is 14.4. The summed E-state index contributed by atoms with van der Waals surface area (Å²) in [5, 5.41) is 12.7. The number of aliphatic hydroxyl groups excluding tert-OH is 1. The summed E-state index contributed by atoms with van der Waals surface area (Å²) in [6, 6.07) is 1.80. The van der Waals surface area contributed by atoms with E-state index in [0.717, 1.165) is 13.1 Å². The number of piperazine rings is 1. The van der Waals surface area contributed by atoms with Crippen LogP contribution < -0.4 is 0 Å². The highest BCUT2D eigenvalue weighted by Crippen LogP contribution is 2.04. The Hall–Kier alpha value is -1.73. The lowest BCUT2D eigenvalue weighted by molar-refractivity contribution is -0.134. The maximum atomic E-state index is 12.0. The van der Waals surface area contributed by atoms with Crippen LogP contribution in [0.1, 0.15) is 6.42 Å². The number of Topliss-reactive ketones (excluding diaryl/α,β-unsaturated/α-hetero) is 1. The molecule has 7 nitrogen and oxygen atoms in total. The predicted octanol–water partition coefficient (Wildman–Crippen LogP) is -1.02. The van der Waals surface area contributed by atoms with Gasteiger partial charge < -0.3 is 10.0 Å². The standard InChI is InChI=1S/C13H20N4O3/c18-11-12(19)2-5-15-6-8-16(9-7-15)13(20)10-17-4-1-3-14-17/h1,3-4,18H,2,5-11H2. The Morgan fingerprint density at radius 2 is 1.95 bits per heavy atom. The fourth-order valence-electron chi connectivity index (χ4n) is 2.22. The zero-order valence-electron chi connectivity index (χ0n) is 11.4. The van der Waals surface area contributed by atoms with Crippen molar-refractivity contribution in [2.75, 3.05) is 39.3 Å². The molecule has 2 rings (SSSR count). The van der Waals surface area contributed by atoms with Crippen LogP contribution in [-0.2, 0) is 16.1 Å². The van der Waals surface area contributed by atoms with Crippen LogP contribution >= 0.6 is 0 Å². The minimum atomic E-state index is -0.387. The molecule has 0 aromatic carbocycles. The van der Waals surface area contributed by atoms with E-state index in [-0.39, 0.29) is 24.8 Å². The Kier molecular flexibility index (Phi) is 5.25. The quantitative estimate of drug-likeness (QED) is 0.721. The largest absolute Gasteiger partial charge is 0.389 e. The molecular formula is C13H20N4O3. The molecule has 1 aromatic heterocycles. The average Bonchev–Trinajstić information content (AvgIpc) is 2.98. The molecule has 1 amide bonds. The van der Waals surface area contributed by atoms with E-state index < -0.39 is 0 Å². The molecular weight excluding hydrogens is 260 g/mol. The van der Waals surface area contributed by atoms with Gasteiger partial charge in [0, 0.05) is 51.5 Å². The molecule has 110 valence electrons. The van der Waals surface area contributed by atoms with Gasteiger partial charge in [-0.25, -0.2) is 0 Å². The van der Waals surface area contributed by atoms with E-state index in [4.69, 9.17) is 5.11 Å². The molecule has 1 fully saturated rings. The third-order valence-electron chi connectivity index (χ3n) is 3.46. The molecule has 1 aliphatic heterocycles. The Bertz CT molecular complexity index is 438. The smallest absolute Gasteiger partial charge is 0.244 e. The number of nitrogens with zero attached hydrogens (tertiary/aromatic N) is 4. The maximum Gasteiger partial charge on any atom is 0.244 e. The first-order valence-electron chi connectivity index (χ1n) is 6.79. The molecule has 0 unspecified atom stereocenters. The van der Waals surface area contributed by atoms with E-state index in [0.29, 0.717) is 26.1 Å². The molecule has 20 heavy (non-hydrogen) atoms. The van der Waals surface area contributed by atoms with Crippen molar-refractivity contribution in [2.45, 2.75) is 13.0 Å². The number of carbonyl (C=O) groups is 2. The van der Waals surface area contributed by atoms with Crippen LogP contribution in [0.15, 0.2) is 18.5 Å². The summed E-state index contributed by atoms with van der Waals surface area (Å²) in [4.78, 5) is 27.1. The van der Waals surface area contributed by atoms with Crippen molar-refractivity contribution in [1.29, 1.82) is 0 Å². The number of rotatable bonds is 6. The Morgan fingerprint density at radius 3 is 2.55 bits per heavy atom. The van der Waals surface area contributed by atoms with Crippen molar-refractivity contribution in [2.24, 2.45) is 0 Å². The molecule has 0 atom stereocenters. The van der Waals surface area contributed by atoms with Crippen LogP contribution in [0, 0.1) is 0 Å². The zero-order valence-corrected chi connectivity index (χ0v) is 11.4. The minimum absolute atomic E-state index is 0.0692. The first kappa shape index (κ1) is 14.7. The first-order valence-corrected chi connectivity index (χ1v) is 6.79. The second-order valence-corrected chi connectivity index (χ2v) is 4.87. The highest BCUT2D eigenvalue weighted by Gasteiger charge is 2.21. The van der Waals surface area contributed by atoms with E-state index in [1.807, 2.05) is 4.90 Å². The molecule has 0 saturated carbocycles. The van der Waals surface area contributed by atoms with Gasteiger partial charge in [0.25, 0.3) is 0 Å². The second-order valence-electron chi connectivity index (χ2n) is 4.87. The molecule has 2 heterocycles. The Labute approximate surface area is 117 Å². The van der Waals surface area contributed by atoms with Crippen molar-refractivity contribution in [3.8, 4) is 0 Å². The summed E-state index contributed by atoms with van der Waals surface area (Å²) in [6.45, 7) is 3.42. The molecule has 1 N–H and O–H groups in total. The number of ketones is 1. The average molecular weight is 280 g/mol. The maximum absolute atomic E-state index is 12.0. The summed E-state index contributed by atoms with van der Waals surface area (Å²) < 4.78 is 1.62. The van der Waals surface area contributed by atoms with Crippen LogP contribution in [0.3, 0.4) is 0 Å². The molecule has 1 aromatic rings. The van der Waals surface area contributed by atoms with Crippen LogP contribution in [0.4, 0.5) is 0 Å². The third-order valence-corrected chi connectivity index (χ3v) is 3.46. The van der Waals surface area contributed by atoms with E-state index in [1.54, 1.807) is 23.1 Å². The topological polar surface area (TPSA) is 78.7 Å². The molecule has 7 heteroatoms. The summed E-state index contributed by atoms with van der Waals surface area (Å²) in [5.41, 5.74) is 0. The second kappa shape index (κ2) is 7.16. The normalized spacial score (nSPS) is 16.4. The summed E-state index contributed by atoms with van der Waals surface area (Å²) >= 11 is 0. The molecule has 0 radical (unpaired) electrons. The highest BCUT2D eigenvalue weighted by molar-refractivity contribution is 5.79. The Balaban J connectivity index is 1.71. The minimum Gasteiger partial charge on any atom is -0.389 e. The van der Waals surface area contributed by atoms with E-state index >= 15 is 0 Å². The van der Waals surface area contributed by atoms with Crippen molar-refractivity contribution in [3.05, 3.63) is 18.5 Å². The van der Waals surface area contributed by atoms with Gasteiger partial charge in [0.05, 0.1) is 0 Å². The fourth-order valence-corrected chi connectivity index (χ4v) is 2.22. The highest BCUT2D eigenvalue weighted by atomic mass is 16.3. The van der Waals surface area contributed by atoms with Crippen LogP contribution in [0.2, 0.25) is 0 Å². The number of hydrogen-bond acceptors (Lipinski definition) is 5. The van der Waals surface area contributed by atoms with Gasteiger partial charge in [-0.1, -0.05) is 0 Å². The van der Waals surface area contributed by atoms with E-state index in [1.165, 1.54) is 0 Å². The van der Waals surface area contributed by atoms with Crippen molar-refractivity contribution >= 4 is 11.7 Å². The van der Waals surface area contributed by atoms with Gasteiger partial charge >= 0.3 is 0 Å². The molecule has 0 spiro atoms. The van der Waals surface area contributed by atoms with Crippen LogP contribution in [0.25, 0.3) is 0 Å². The van der Waals surface area contributed by atoms with Gasteiger partial charge in [0.1, 0.15) is 13.2 Å². The fraction of sp³-hybridized carbons (Fsp3) is 0.615. The van der Waals surface area contributed by atoms with E-state index in [2.05, 4.69) is 10.00 Å². The molecule has 1 saturated heterocycles. The van der Waals surface area contributed by atoms with Gasteiger partial charge in [-0.15, -0.1) is 0 Å². The monoisotopic (exact) mass is 280 g/mol. The number of aliphatic hydroxyl groups is 1. The number of amides is 1. The summed E-state index contributed by atoms with van der Waals surface area (Å²) in [5.74, 6) is -0.0676. The number of carbonyl (C=O) groups excluding carboxylic acids is 2. The van der Waals surface area contributed by atoms with Gasteiger partial charge in [0.2, 0.25) is 5.91 Å². The lowest BCUT2D eigenvalue weighted by Gasteiger charge is -2.34. The first-order chi connectivity index (χ1) is 9.69. The van der Waals surface area contributed by atoms with Gasteiger partial charge in [0.15, 0.2) is 5.78 Å². The van der Waals surface area contributed by atoms with Gasteiger partial charge in [-0.2, -0.15) is 5.10 Å². The van der Waals surface area contributed by atoms with Crippen LogP contribution in [0.5, 0.6) is 0 Å². The number of hydrogen-bond donors (Lipinski definition) is 1. The van der Waals surface area contributed by atoms with Crippen molar-refractivity contribution < 1.29 is 14.7 Å². The van der Waals surface area contributed by atoms with Gasteiger partial charge in [-0.05, 0) is 6.07 Å². The van der Waals surface area contributed by atoms with Gasteiger partial charge in [-0.3, -0.25) is 19.2 Å².